The number of hydrogen-bond donors (Lipinski definition) is 2. The van der Waals surface area contributed by atoms with E-state index in [0.717, 1.165) is 21.5 Å². The molecular formula is C18H24INO3. The number of amides is 1. The van der Waals surface area contributed by atoms with Crippen LogP contribution < -0.4 is 5.32 Å². The summed E-state index contributed by atoms with van der Waals surface area (Å²) in [5.41, 5.74) is 0.813. The fourth-order valence-corrected chi connectivity index (χ4v) is 4.74. The second kappa shape index (κ2) is 7.38. The molecule has 0 aliphatic heterocycles. The van der Waals surface area contributed by atoms with E-state index < -0.39 is 12.2 Å². The zero-order valence-corrected chi connectivity index (χ0v) is 15.5. The van der Waals surface area contributed by atoms with Gasteiger partial charge in [-0.3, -0.25) is 0 Å². The Hall–Kier alpha value is -0.820. The number of hydrogen-bond acceptors (Lipinski definition) is 3. The largest absolute Gasteiger partial charge is 0.443 e. The third-order valence-electron chi connectivity index (χ3n) is 5.28. The third-order valence-corrected chi connectivity index (χ3v) is 6.26. The first-order valence-corrected chi connectivity index (χ1v) is 9.56. The van der Waals surface area contributed by atoms with Crippen LogP contribution in [0.25, 0.3) is 0 Å². The van der Waals surface area contributed by atoms with Gasteiger partial charge in [-0.2, -0.15) is 0 Å². The Bertz CT molecular complexity index is 565. The Kier molecular flexibility index (Phi) is 5.46. The fraction of sp³-hybridized carbons (Fsp3) is 0.611. The highest BCUT2D eigenvalue weighted by atomic mass is 127. The molecule has 2 aliphatic rings. The standard InChI is InChI=1S/C18H24INO3/c1-2-16(17(21)13-5-3-4-6-14(13)19)23-18(22)20-15-10-11-7-8-12(15)9-11/h3-6,11-12,15-17,21H,2,7-10H2,1H3,(H,20,22)/t11?,12?,15?,16-,17-/m0/s1. The number of ether oxygens (including phenoxy) is 1. The van der Waals surface area contributed by atoms with Crippen molar-refractivity contribution in [3.63, 3.8) is 0 Å². The molecule has 2 bridgehead atoms. The number of carbonyl (C=O) groups is 1. The molecule has 2 saturated carbocycles. The molecule has 0 heterocycles. The molecule has 126 valence electrons. The van der Waals surface area contributed by atoms with Gasteiger partial charge in [0, 0.05) is 9.61 Å². The van der Waals surface area contributed by atoms with Crippen LogP contribution in [0.15, 0.2) is 24.3 Å². The van der Waals surface area contributed by atoms with E-state index in [1.165, 1.54) is 19.3 Å². The van der Waals surface area contributed by atoms with E-state index in [1.54, 1.807) is 0 Å². The van der Waals surface area contributed by atoms with Gasteiger partial charge < -0.3 is 15.2 Å². The molecule has 5 heteroatoms. The van der Waals surface area contributed by atoms with Crippen LogP contribution in [0.5, 0.6) is 0 Å². The molecular weight excluding hydrogens is 405 g/mol. The second-order valence-corrected chi connectivity index (χ2v) is 7.91. The van der Waals surface area contributed by atoms with Gasteiger partial charge in [0.05, 0.1) is 0 Å². The van der Waals surface area contributed by atoms with Gasteiger partial charge in [-0.05, 0) is 71.7 Å². The van der Waals surface area contributed by atoms with Crippen LogP contribution in [0.2, 0.25) is 0 Å². The molecule has 1 aromatic rings. The van der Waals surface area contributed by atoms with Crippen molar-refractivity contribution >= 4 is 28.7 Å². The number of fused-ring (bicyclic) bond motifs is 2. The average molecular weight is 429 g/mol. The predicted octanol–water partition coefficient (Wildman–Crippen LogP) is 4.02. The Morgan fingerprint density at radius 1 is 1.39 bits per heavy atom. The molecule has 23 heavy (non-hydrogen) atoms. The molecule has 0 radical (unpaired) electrons. The van der Waals surface area contributed by atoms with Crippen molar-refractivity contribution in [2.45, 2.75) is 57.3 Å². The van der Waals surface area contributed by atoms with E-state index >= 15 is 0 Å². The highest BCUT2D eigenvalue weighted by Crippen LogP contribution is 2.44. The number of nitrogens with one attached hydrogen (secondary N) is 1. The summed E-state index contributed by atoms with van der Waals surface area (Å²) in [5, 5.41) is 13.6. The van der Waals surface area contributed by atoms with E-state index in [-0.39, 0.29) is 12.1 Å². The summed E-state index contributed by atoms with van der Waals surface area (Å²) in [5.74, 6) is 1.40. The lowest BCUT2D eigenvalue weighted by Crippen LogP contribution is -2.41. The molecule has 0 saturated heterocycles. The van der Waals surface area contributed by atoms with Crippen LogP contribution in [-0.2, 0) is 4.74 Å². The first-order valence-electron chi connectivity index (χ1n) is 8.48. The number of rotatable bonds is 5. The van der Waals surface area contributed by atoms with Gasteiger partial charge >= 0.3 is 6.09 Å². The zero-order chi connectivity index (χ0) is 16.4. The summed E-state index contributed by atoms with van der Waals surface area (Å²) >= 11 is 2.20. The summed E-state index contributed by atoms with van der Waals surface area (Å²) in [6.45, 7) is 1.93. The number of alkyl carbamates (subject to hydrolysis) is 1. The minimum atomic E-state index is -0.793. The van der Waals surface area contributed by atoms with E-state index in [0.29, 0.717) is 12.3 Å². The van der Waals surface area contributed by atoms with Gasteiger partial charge in [-0.15, -0.1) is 0 Å². The van der Waals surface area contributed by atoms with Gasteiger partial charge in [0.15, 0.2) is 0 Å². The van der Waals surface area contributed by atoms with Crippen LogP contribution in [0.3, 0.4) is 0 Å². The first kappa shape index (κ1) is 17.0. The molecule has 2 aliphatic carbocycles. The van der Waals surface area contributed by atoms with E-state index in [9.17, 15) is 9.90 Å². The molecule has 2 fully saturated rings. The summed E-state index contributed by atoms with van der Waals surface area (Å²) in [6, 6.07) is 7.91. The number of halogens is 1. The van der Waals surface area contributed by atoms with Crippen LogP contribution >= 0.6 is 22.6 Å². The van der Waals surface area contributed by atoms with Gasteiger partial charge in [0.25, 0.3) is 0 Å². The summed E-state index contributed by atoms with van der Waals surface area (Å²) in [7, 11) is 0. The van der Waals surface area contributed by atoms with Gasteiger partial charge in [-0.25, -0.2) is 4.79 Å². The molecule has 5 atom stereocenters. The van der Waals surface area contributed by atoms with Crippen molar-refractivity contribution in [3.8, 4) is 0 Å². The van der Waals surface area contributed by atoms with Crippen molar-refractivity contribution in [3.05, 3.63) is 33.4 Å². The maximum Gasteiger partial charge on any atom is 0.407 e. The molecule has 0 aromatic heterocycles. The lowest BCUT2D eigenvalue weighted by molar-refractivity contribution is -0.00240. The average Bonchev–Trinajstić information content (AvgIpc) is 3.15. The monoisotopic (exact) mass is 429 g/mol. The van der Waals surface area contributed by atoms with Crippen molar-refractivity contribution in [1.29, 1.82) is 0 Å². The summed E-state index contributed by atoms with van der Waals surface area (Å²) in [6.07, 6.45) is 3.72. The highest BCUT2D eigenvalue weighted by molar-refractivity contribution is 14.1. The topological polar surface area (TPSA) is 58.6 Å². The number of aliphatic hydroxyl groups is 1. The molecule has 3 rings (SSSR count). The maximum absolute atomic E-state index is 12.2. The minimum Gasteiger partial charge on any atom is -0.443 e. The quantitative estimate of drug-likeness (QED) is 0.696. The Morgan fingerprint density at radius 2 is 2.17 bits per heavy atom. The molecule has 0 spiro atoms. The molecule has 1 aromatic carbocycles. The Labute approximate surface area is 151 Å². The highest BCUT2D eigenvalue weighted by Gasteiger charge is 2.40. The van der Waals surface area contributed by atoms with Gasteiger partial charge in [0.1, 0.15) is 12.2 Å². The molecule has 2 N–H and O–H groups in total. The lowest BCUT2D eigenvalue weighted by Gasteiger charge is -2.26. The molecule has 3 unspecified atom stereocenters. The molecule has 4 nitrogen and oxygen atoms in total. The van der Waals surface area contributed by atoms with Crippen LogP contribution in [0.1, 0.15) is 50.7 Å². The maximum atomic E-state index is 12.2. The normalized spacial score (nSPS) is 28.4. The summed E-state index contributed by atoms with van der Waals surface area (Å²) < 4.78 is 6.52. The van der Waals surface area contributed by atoms with Crippen LogP contribution in [-0.4, -0.2) is 23.3 Å². The summed E-state index contributed by atoms with van der Waals surface area (Å²) in [4.78, 5) is 12.2. The van der Waals surface area contributed by atoms with Crippen LogP contribution in [0.4, 0.5) is 4.79 Å². The SMILES string of the molecule is CC[C@H](OC(=O)NC1CC2CCC1C2)[C@@H](O)c1ccccc1I. The Balaban J connectivity index is 1.58. The smallest absolute Gasteiger partial charge is 0.407 e. The van der Waals surface area contributed by atoms with Crippen molar-refractivity contribution in [1.82, 2.24) is 5.32 Å². The minimum absolute atomic E-state index is 0.257. The van der Waals surface area contributed by atoms with Gasteiger partial charge in [0.2, 0.25) is 0 Å². The number of benzene rings is 1. The van der Waals surface area contributed by atoms with Gasteiger partial charge in [-0.1, -0.05) is 31.5 Å². The Morgan fingerprint density at radius 3 is 2.78 bits per heavy atom. The third kappa shape index (κ3) is 3.82. The van der Waals surface area contributed by atoms with E-state index in [1.807, 2.05) is 31.2 Å². The van der Waals surface area contributed by atoms with Crippen molar-refractivity contribution in [2.24, 2.45) is 11.8 Å². The number of aliphatic hydroxyl groups excluding tert-OH is 1. The number of carbonyl (C=O) groups excluding carboxylic acids is 1. The van der Waals surface area contributed by atoms with Crippen molar-refractivity contribution < 1.29 is 14.6 Å². The fourth-order valence-electron chi connectivity index (χ4n) is 4.03. The predicted molar refractivity (Wildman–Crippen MR) is 97.1 cm³/mol. The second-order valence-electron chi connectivity index (χ2n) is 6.74. The lowest BCUT2D eigenvalue weighted by atomic mass is 9.96. The van der Waals surface area contributed by atoms with E-state index in [2.05, 4.69) is 27.9 Å². The van der Waals surface area contributed by atoms with Crippen LogP contribution in [0, 0.1) is 15.4 Å². The zero-order valence-electron chi connectivity index (χ0n) is 13.4. The van der Waals surface area contributed by atoms with E-state index in [4.69, 9.17) is 4.74 Å². The molecule has 1 amide bonds. The first-order chi connectivity index (χ1) is 11.1. The van der Waals surface area contributed by atoms with Crippen molar-refractivity contribution in [2.75, 3.05) is 0 Å².